The lowest BCUT2D eigenvalue weighted by Crippen LogP contribution is -2.47. The van der Waals surface area contributed by atoms with E-state index in [1.54, 1.807) is 39.0 Å². The second-order valence-corrected chi connectivity index (χ2v) is 7.38. The summed E-state index contributed by atoms with van der Waals surface area (Å²) in [5.41, 5.74) is 1.60. The summed E-state index contributed by atoms with van der Waals surface area (Å²) in [6.07, 6.45) is -0.297. The number of carbonyl (C=O) groups is 2. The molecule has 0 spiro atoms. The Bertz CT molecular complexity index is 745. The van der Waals surface area contributed by atoms with Gasteiger partial charge in [0.05, 0.1) is 34.8 Å². The predicted octanol–water partition coefficient (Wildman–Crippen LogP) is 4.08. The summed E-state index contributed by atoms with van der Waals surface area (Å²) in [5.74, 6) is -2.22. The van der Waals surface area contributed by atoms with Crippen LogP contribution in [-0.2, 0) is 19.1 Å². The molecule has 1 heterocycles. The highest BCUT2D eigenvalue weighted by molar-refractivity contribution is 6.42. The zero-order valence-corrected chi connectivity index (χ0v) is 16.9. The number of esters is 2. The molecule has 142 valence electrons. The molecule has 0 fully saturated rings. The standard InChI is InChI=1S/C19H23Cl2NO4/c1-9(2)26-19(24)15-11(4)22-10(3)14(18(23)25-5)16(15)12-7-6-8-13(20)17(12)21/h6-10,14,16,22H,1-5H3. The molecule has 0 aliphatic carbocycles. The van der Waals surface area contributed by atoms with Crippen LogP contribution in [0.1, 0.15) is 39.2 Å². The Morgan fingerprint density at radius 1 is 1.23 bits per heavy atom. The zero-order chi connectivity index (χ0) is 19.6. The molecule has 5 nitrogen and oxygen atoms in total. The summed E-state index contributed by atoms with van der Waals surface area (Å²) in [6.45, 7) is 7.19. The maximum Gasteiger partial charge on any atom is 0.336 e. The molecule has 0 radical (unpaired) electrons. The summed E-state index contributed by atoms with van der Waals surface area (Å²) in [4.78, 5) is 25.4. The number of halogens is 2. The second kappa shape index (κ2) is 8.31. The lowest BCUT2D eigenvalue weighted by atomic mass is 9.73. The van der Waals surface area contributed by atoms with E-state index in [0.29, 0.717) is 26.9 Å². The van der Waals surface area contributed by atoms with Gasteiger partial charge in [0.25, 0.3) is 0 Å². The summed E-state index contributed by atoms with van der Waals surface area (Å²) in [6, 6.07) is 4.90. The van der Waals surface area contributed by atoms with E-state index in [1.165, 1.54) is 7.11 Å². The molecule has 0 amide bonds. The highest BCUT2D eigenvalue weighted by atomic mass is 35.5. The summed E-state index contributed by atoms with van der Waals surface area (Å²) < 4.78 is 10.4. The van der Waals surface area contributed by atoms with Gasteiger partial charge in [-0.05, 0) is 39.3 Å². The van der Waals surface area contributed by atoms with Crippen LogP contribution in [0.15, 0.2) is 29.5 Å². The van der Waals surface area contributed by atoms with E-state index in [9.17, 15) is 9.59 Å². The fourth-order valence-electron chi connectivity index (χ4n) is 3.35. The Hall–Kier alpha value is -1.72. The number of ether oxygens (including phenoxy) is 2. The molecule has 0 saturated heterocycles. The van der Waals surface area contributed by atoms with Gasteiger partial charge in [0.2, 0.25) is 0 Å². The van der Waals surface area contributed by atoms with Crippen molar-refractivity contribution in [1.29, 1.82) is 0 Å². The van der Waals surface area contributed by atoms with Gasteiger partial charge in [0.1, 0.15) is 0 Å². The van der Waals surface area contributed by atoms with Crippen LogP contribution in [0.4, 0.5) is 0 Å². The van der Waals surface area contributed by atoms with E-state index in [0.717, 1.165) is 0 Å². The van der Waals surface area contributed by atoms with Crippen molar-refractivity contribution in [2.24, 2.45) is 5.92 Å². The van der Waals surface area contributed by atoms with Crippen LogP contribution in [0.2, 0.25) is 10.0 Å². The molecule has 26 heavy (non-hydrogen) atoms. The highest BCUT2D eigenvalue weighted by Crippen LogP contribution is 2.44. The number of nitrogens with one attached hydrogen (secondary N) is 1. The fourth-order valence-corrected chi connectivity index (χ4v) is 3.78. The number of carbonyl (C=O) groups excluding carboxylic acids is 2. The van der Waals surface area contributed by atoms with Crippen LogP contribution >= 0.6 is 23.2 Å². The van der Waals surface area contributed by atoms with E-state index in [2.05, 4.69) is 5.32 Å². The molecule has 1 N–H and O–H groups in total. The third-order valence-electron chi connectivity index (χ3n) is 4.41. The Morgan fingerprint density at radius 3 is 2.46 bits per heavy atom. The molecule has 3 unspecified atom stereocenters. The lowest BCUT2D eigenvalue weighted by molar-refractivity contribution is -0.148. The molecule has 0 saturated carbocycles. The molecular weight excluding hydrogens is 377 g/mol. The first kappa shape index (κ1) is 20.6. The Balaban J connectivity index is 2.69. The zero-order valence-electron chi connectivity index (χ0n) is 15.4. The van der Waals surface area contributed by atoms with Crippen molar-refractivity contribution < 1.29 is 19.1 Å². The third-order valence-corrected chi connectivity index (χ3v) is 5.24. The molecule has 1 aromatic carbocycles. The molecule has 3 atom stereocenters. The number of allylic oxidation sites excluding steroid dienone is 1. The highest BCUT2D eigenvalue weighted by Gasteiger charge is 2.45. The molecule has 7 heteroatoms. The van der Waals surface area contributed by atoms with Gasteiger partial charge in [-0.3, -0.25) is 4.79 Å². The molecule has 0 bridgehead atoms. The first-order valence-electron chi connectivity index (χ1n) is 8.39. The van der Waals surface area contributed by atoms with Gasteiger partial charge in [-0.25, -0.2) is 4.79 Å². The SMILES string of the molecule is COC(=O)C1C(C)NC(C)=C(C(=O)OC(C)C)C1c1cccc(Cl)c1Cl. The molecule has 2 rings (SSSR count). The lowest BCUT2D eigenvalue weighted by Gasteiger charge is -2.38. The summed E-state index contributed by atoms with van der Waals surface area (Å²) in [7, 11) is 1.32. The van der Waals surface area contributed by atoms with Crippen LogP contribution in [0.25, 0.3) is 0 Å². The van der Waals surface area contributed by atoms with Crippen molar-refractivity contribution in [3.8, 4) is 0 Å². The minimum absolute atomic E-state index is 0.266. The largest absolute Gasteiger partial charge is 0.469 e. The fraction of sp³-hybridized carbons (Fsp3) is 0.474. The smallest absolute Gasteiger partial charge is 0.336 e. The van der Waals surface area contributed by atoms with E-state index in [4.69, 9.17) is 32.7 Å². The van der Waals surface area contributed by atoms with Crippen molar-refractivity contribution in [3.63, 3.8) is 0 Å². The van der Waals surface area contributed by atoms with Crippen molar-refractivity contribution in [3.05, 3.63) is 45.1 Å². The quantitative estimate of drug-likeness (QED) is 0.772. The maximum atomic E-state index is 12.8. The van der Waals surface area contributed by atoms with Crippen LogP contribution < -0.4 is 5.32 Å². The number of rotatable bonds is 4. The Labute approximate surface area is 163 Å². The summed E-state index contributed by atoms with van der Waals surface area (Å²) in [5, 5.41) is 3.85. The van der Waals surface area contributed by atoms with Gasteiger partial charge < -0.3 is 14.8 Å². The van der Waals surface area contributed by atoms with Crippen LogP contribution in [0.3, 0.4) is 0 Å². The number of hydrogen-bond acceptors (Lipinski definition) is 5. The molecule has 1 aromatic rings. The van der Waals surface area contributed by atoms with Crippen molar-refractivity contribution >= 4 is 35.1 Å². The van der Waals surface area contributed by atoms with Crippen molar-refractivity contribution in [1.82, 2.24) is 5.32 Å². The second-order valence-electron chi connectivity index (χ2n) is 6.60. The van der Waals surface area contributed by atoms with E-state index < -0.39 is 23.8 Å². The first-order chi connectivity index (χ1) is 12.2. The topological polar surface area (TPSA) is 64.6 Å². The molecule has 1 aliphatic rings. The molecule has 1 aliphatic heterocycles. The van der Waals surface area contributed by atoms with Gasteiger partial charge in [-0.1, -0.05) is 35.3 Å². The summed E-state index contributed by atoms with van der Waals surface area (Å²) >= 11 is 12.6. The average Bonchev–Trinajstić information content (AvgIpc) is 2.55. The van der Waals surface area contributed by atoms with Crippen LogP contribution in [0.5, 0.6) is 0 Å². The van der Waals surface area contributed by atoms with Crippen molar-refractivity contribution in [2.75, 3.05) is 7.11 Å². The van der Waals surface area contributed by atoms with Gasteiger partial charge >= 0.3 is 11.9 Å². The minimum atomic E-state index is -0.658. The van der Waals surface area contributed by atoms with Gasteiger partial charge in [-0.15, -0.1) is 0 Å². The Morgan fingerprint density at radius 2 is 1.88 bits per heavy atom. The Kier molecular flexibility index (Phi) is 6.58. The number of benzene rings is 1. The van der Waals surface area contributed by atoms with Gasteiger partial charge in [0, 0.05) is 17.7 Å². The average molecular weight is 400 g/mol. The number of hydrogen-bond donors (Lipinski definition) is 1. The van der Waals surface area contributed by atoms with E-state index in [-0.39, 0.29) is 12.1 Å². The van der Waals surface area contributed by atoms with Gasteiger partial charge in [-0.2, -0.15) is 0 Å². The molecule has 0 aromatic heterocycles. The minimum Gasteiger partial charge on any atom is -0.469 e. The van der Waals surface area contributed by atoms with E-state index >= 15 is 0 Å². The monoisotopic (exact) mass is 399 g/mol. The molecular formula is C19H23Cl2NO4. The van der Waals surface area contributed by atoms with Crippen LogP contribution in [-0.4, -0.2) is 31.2 Å². The third kappa shape index (κ3) is 3.99. The first-order valence-corrected chi connectivity index (χ1v) is 9.14. The van der Waals surface area contributed by atoms with Crippen LogP contribution in [0, 0.1) is 5.92 Å². The normalized spacial score (nSPS) is 22.8. The number of methoxy groups -OCH3 is 1. The maximum absolute atomic E-state index is 12.8. The van der Waals surface area contributed by atoms with E-state index in [1.807, 2.05) is 6.92 Å². The van der Waals surface area contributed by atoms with Gasteiger partial charge in [0.15, 0.2) is 0 Å². The van der Waals surface area contributed by atoms with Crippen molar-refractivity contribution in [2.45, 2.75) is 45.8 Å². The predicted molar refractivity (Wildman–Crippen MR) is 101 cm³/mol.